The highest BCUT2D eigenvalue weighted by atomic mass is 32.1. The molecule has 1 aliphatic carbocycles. The summed E-state index contributed by atoms with van der Waals surface area (Å²) in [5, 5.41) is 5.24. The van der Waals surface area contributed by atoms with Crippen molar-refractivity contribution in [3.05, 3.63) is 11.1 Å². The Bertz CT molecular complexity index is 507. The minimum absolute atomic E-state index is 0.0410. The second-order valence-electron chi connectivity index (χ2n) is 5.70. The minimum Gasteiger partial charge on any atom is -0.466 e. The fourth-order valence-electron chi connectivity index (χ4n) is 2.61. The lowest BCUT2D eigenvalue weighted by atomic mass is 9.75. The lowest BCUT2D eigenvalue weighted by Crippen LogP contribution is -2.35. The number of hydrogen-bond donors (Lipinski definition) is 1. The Morgan fingerprint density at radius 3 is 2.76 bits per heavy atom. The number of nitrogens with one attached hydrogen (secondary N) is 1. The zero-order valence-electron chi connectivity index (χ0n) is 12.6. The lowest BCUT2D eigenvalue weighted by molar-refractivity contribution is -0.142. The van der Waals surface area contributed by atoms with Gasteiger partial charge >= 0.3 is 5.97 Å². The summed E-state index contributed by atoms with van der Waals surface area (Å²) in [5.74, 6) is -0.251. The molecule has 0 bridgehead atoms. The molecule has 1 fully saturated rings. The number of thiazole rings is 1. The van der Waals surface area contributed by atoms with E-state index >= 15 is 0 Å². The third-order valence-electron chi connectivity index (χ3n) is 3.91. The van der Waals surface area contributed by atoms with Gasteiger partial charge in [0.2, 0.25) is 5.91 Å². The number of esters is 1. The van der Waals surface area contributed by atoms with Crippen molar-refractivity contribution in [2.75, 3.05) is 11.9 Å². The SMILES string of the molecule is CCOC(=O)Cc1csc(NC(=O)C2(C)CCCCC2)n1. The van der Waals surface area contributed by atoms with Crippen LogP contribution in [0.2, 0.25) is 0 Å². The number of hydrogen-bond acceptors (Lipinski definition) is 5. The molecule has 2 rings (SSSR count). The fourth-order valence-corrected chi connectivity index (χ4v) is 3.32. The number of ether oxygens (including phenoxy) is 1. The first-order valence-corrected chi connectivity index (χ1v) is 8.33. The summed E-state index contributed by atoms with van der Waals surface area (Å²) < 4.78 is 4.89. The van der Waals surface area contributed by atoms with Crippen molar-refractivity contribution in [3.63, 3.8) is 0 Å². The Kier molecular flexibility index (Phi) is 5.33. The van der Waals surface area contributed by atoms with Gasteiger partial charge in [-0.1, -0.05) is 26.2 Å². The van der Waals surface area contributed by atoms with Crippen molar-refractivity contribution in [2.24, 2.45) is 5.41 Å². The predicted octanol–water partition coefficient (Wildman–Crippen LogP) is 3.16. The molecule has 116 valence electrons. The molecular weight excluding hydrogens is 288 g/mol. The van der Waals surface area contributed by atoms with Gasteiger partial charge in [0.15, 0.2) is 5.13 Å². The number of carbonyl (C=O) groups is 2. The van der Waals surface area contributed by atoms with E-state index in [1.54, 1.807) is 12.3 Å². The standard InChI is InChI=1S/C15H22N2O3S/c1-3-20-12(18)9-11-10-21-14(16-11)17-13(19)15(2)7-5-4-6-8-15/h10H,3-9H2,1-2H3,(H,16,17,19). The van der Waals surface area contributed by atoms with Crippen LogP contribution in [0, 0.1) is 5.41 Å². The maximum atomic E-state index is 12.4. The zero-order chi connectivity index (χ0) is 15.3. The molecule has 1 heterocycles. The normalized spacial score (nSPS) is 17.2. The van der Waals surface area contributed by atoms with Crippen molar-refractivity contribution < 1.29 is 14.3 Å². The maximum Gasteiger partial charge on any atom is 0.311 e. The van der Waals surface area contributed by atoms with Gasteiger partial charge in [-0.15, -0.1) is 11.3 Å². The van der Waals surface area contributed by atoms with Crippen LogP contribution in [0.5, 0.6) is 0 Å². The molecule has 0 unspecified atom stereocenters. The quantitative estimate of drug-likeness (QED) is 0.848. The van der Waals surface area contributed by atoms with Gasteiger partial charge in [0, 0.05) is 10.8 Å². The largest absolute Gasteiger partial charge is 0.466 e. The summed E-state index contributed by atoms with van der Waals surface area (Å²) in [4.78, 5) is 28.1. The van der Waals surface area contributed by atoms with Crippen LogP contribution >= 0.6 is 11.3 Å². The van der Waals surface area contributed by atoms with Crippen LogP contribution in [0.1, 0.15) is 51.6 Å². The molecule has 1 N–H and O–H groups in total. The van der Waals surface area contributed by atoms with Gasteiger partial charge < -0.3 is 10.1 Å². The van der Waals surface area contributed by atoms with E-state index in [9.17, 15) is 9.59 Å². The average Bonchev–Trinajstić information content (AvgIpc) is 2.87. The topological polar surface area (TPSA) is 68.3 Å². The van der Waals surface area contributed by atoms with Crippen molar-refractivity contribution in [3.8, 4) is 0 Å². The summed E-state index contributed by atoms with van der Waals surface area (Å²) in [6.07, 6.45) is 5.44. The van der Waals surface area contributed by atoms with E-state index in [-0.39, 0.29) is 23.7 Å². The van der Waals surface area contributed by atoms with E-state index < -0.39 is 0 Å². The third kappa shape index (κ3) is 4.27. The molecule has 6 heteroatoms. The Labute approximate surface area is 129 Å². The molecule has 0 radical (unpaired) electrons. The van der Waals surface area contributed by atoms with Gasteiger partial charge in [-0.25, -0.2) is 4.98 Å². The number of anilines is 1. The van der Waals surface area contributed by atoms with Crippen LogP contribution in [-0.2, 0) is 20.7 Å². The molecule has 0 aliphatic heterocycles. The van der Waals surface area contributed by atoms with Crippen molar-refractivity contribution >= 4 is 28.3 Å². The first-order chi connectivity index (χ1) is 10.0. The first kappa shape index (κ1) is 15.9. The lowest BCUT2D eigenvalue weighted by Gasteiger charge is -2.31. The summed E-state index contributed by atoms with van der Waals surface area (Å²) in [6, 6.07) is 0. The average molecular weight is 310 g/mol. The van der Waals surface area contributed by atoms with Crippen LogP contribution in [-0.4, -0.2) is 23.5 Å². The van der Waals surface area contributed by atoms with Gasteiger partial charge in [0.1, 0.15) is 0 Å². The molecule has 5 nitrogen and oxygen atoms in total. The Morgan fingerprint density at radius 2 is 2.10 bits per heavy atom. The molecule has 0 aromatic carbocycles. The molecule has 1 aliphatic rings. The molecule has 21 heavy (non-hydrogen) atoms. The monoisotopic (exact) mass is 310 g/mol. The maximum absolute atomic E-state index is 12.4. The second-order valence-corrected chi connectivity index (χ2v) is 6.56. The third-order valence-corrected chi connectivity index (χ3v) is 4.71. The number of nitrogens with zero attached hydrogens (tertiary/aromatic N) is 1. The van der Waals surface area contributed by atoms with Crippen LogP contribution in [0.15, 0.2) is 5.38 Å². The van der Waals surface area contributed by atoms with E-state index in [1.165, 1.54) is 17.8 Å². The van der Waals surface area contributed by atoms with E-state index in [0.717, 1.165) is 25.7 Å². The van der Waals surface area contributed by atoms with Crippen molar-refractivity contribution in [2.45, 2.75) is 52.4 Å². The summed E-state index contributed by atoms with van der Waals surface area (Å²) in [5.41, 5.74) is 0.355. The molecular formula is C15H22N2O3S. The highest BCUT2D eigenvalue weighted by molar-refractivity contribution is 7.13. The molecule has 1 amide bonds. The Morgan fingerprint density at radius 1 is 1.38 bits per heavy atom. The van der Waals surface area contributed by atoms with Crippen molar-refractivity contribution in [1.29, 1.82) is 0 Å². The van der Waals surface area contributed by atoms with E-state index in [4.69, 9.17) is 4.74 Å². The molecule has 0 spiro atoms. The van der Waals surface area contributed by atoms with Crippen LogP contribution in [0.3, 0.4) is 0 Å². The highest BCUT2D eigenvalue weighted by Gasteiger charge is 2.34. The van der Waals surface area contributed by atoms with Crippen LogP contribution in [0.25, 0.3) is 0 Å². The van der Waals surface area contributed by atoms with Gasteiger partial charge in [0.25, 0.3) is 0 Å². The van der Waals surface area contributed by atoms with Gasteiger partial charge in [-0.3, -0.25) is 9.59 Å². The number of aromatic nitrogens is 1. The Balaban J connectivity index is 1.92. The highest BCUT2D eigenvalue weighted by Crippen LogP contribution is 2.36. The van der Waals surface area contributed by atoms with E-state index in [2.05, 4.69) is 10.3 Å². The Hall–Kier alpha value is -1.43. The van der Waals surface area contributed by atoms with E-state index in [0.29, 0.717) is 17.4 Å². The number of carbonyl (C=O) groups excluding carboxylic acids is 2. The molecule has 1 aromatic rings. The van der Waals surface area contributed by atoms with Crippen LogP contribution < -0.4 is 5.32 Å². The van der Waals surface area contributed by atoms with Gasteiger partial charge in [0.05, 0.1) is 18.7 Å². The smallest absolute Gasteiger partial charge is 0.311 e. The summed E-state index contributed by atoms with van der Waals surface area (Å²) >= 11 is 1.35. The number of rotatable bonds is 5. The fraction of sp³-hybridized carbons (Fsp3) is 0.667. The molecule has 1 aromatic heterocycles. The minimum atomic E-state index is -0.292. The van der Waals surface area contributed by atoms with Crippen LogP contribution in [0.4, 0.5) is 5.13 Å². The predicted molar refractivity (Wildman–Crippen MR) is 82.3 cm³/mol. The van der Waals surface area contributed by atoms with E-state index in [1.807, 2.05) is 6.92 Å². The summed E-state index contributed by atoms with van der Waals surface area (Å²) in [6.45, 7) is 4.16. The molecule has 0 atom stereocenters. The van der Waals surface area contributed by atoms with Crippen molar-refractivity contribution in [1.82, 2.24) is 4.98 Å². The zero-order valence-corrected chi connectivity index (χ0v) is 13.4. The van der Waals surface area contributed by atoms with Gasteiger partial charge in [-0.05, 0) is 19.8 Å². The second kappa shape index (κ2) is 7.02. The first-order valence-electron chi connectivity index (χ1n) is 7.45. The van der Waals surface area contributed by atoms with Gasteiger partial charge in [-0.2, -0.15) is 0 Å². The molecule has 1 saturated carbocycles. The summed E-state index contributed by atoms with van der Waals surface area (Å²) in [7, 11) is 0. The molecule has 0 saturated heterocycles. The number of amides is 1.